The second-order valence-corrected chi connectivity index (χ2v) is 6.79. The Kier molecular flexibility index (Phi) is 4.59. The van der Waals surface area contributed by atoms with E-state index in [-0.39, 0.29) is 11.1 Å². The fourth-order valence-electron chi connectivity index (χ4n) is 2.56. The van der Waals surface area contributed by atoms with E-state index in [4.69, 9.17) is 0 Å². The second-order valence-electron chi connectivity index (χ2n) is 5.06. The van der Waals surface area contributed by atoms with Crippen molar-refractivity contribution in [2.45, 2.75) is 44.2 Å². The number of rotatable bonds is 5. The summed E-state index contributed by atoms with van der Waals surface area (Å²) in [7, 11) is -3.48. The molecule has 0 radical (unpaired) electrons. The Labute approximate surface area is 114 Å². The van der Waals surface area contributed by atoms with Crippen molar-refractivity contribution < 1.29 is 8.42 Å². The number of hydrogen-bond acceptors (Lipinski definition) is 4. The molecule has 2 heterocycles. The molecule has 0 amide bonds. The zero-order valence-electron chi connectivity index (χ0n) is 11.4. The van der Waals surface area contributed by atoms with E-state index in [0.29, 0.717) is 18.3 Å². The standard InChI is InChI=1S/C12H22N4O2S/c1-3-10-5-4-6-13-11(10)7-15-19(17,18)12-8-14-9(2)16-12/h8,10-11,13,15H,3-7H2,1-2H3,(H,14,16). The van der Waals surface area contributed by atoms with Crippen LogP contribution in [0.1, 0.15) is 32.0 Å². The maximum atomic E-state index is 12.1. The number of aryl methyl sites for hydroxylation is 1. The molecule has 1 fully saturated rings. The first-order valence-corrected chi connectivity index (χ1v) is 8.26. The number of hydrogen-bond donors (Lipinski definition) is 3. The summed E-state index contributed by atoms with van der Waals surface area (Å²) in [6, 6.07) is 0.220. The van der Waals surface area contributed by atoms with E-state index in [9.17, 15) is 8.42 Å². The molecule has 0 aliphatic carbocycles. The first-order chi connectivity index (χ1) is 9.03. The average molecular weight is 286 g/mol. The highest BCUT2D eigenvalue weighted by atomic mass is 32.2. The number of nitrogens with zero attached hydrogens (tertiary/aromatic N) is 1. The lowest BCUT2D eigenvalue weighted by Gasteiger charge is -2.32. The van der Waals surface area contributed by atoms with Gasteiger partial charge in [-0.1, -0.05) is 13.3 Å². The van der Waals surface area contributed by atoms with Crippen molar-refractivity contribution in [2.75, 3.05) is 13.1 Å². The summed E-state index contributed by atoms with van der Waals surface area (Å²) in [5.74, 6) is 1.14. The SMILES string of the molecule is CCC1CCCNC1CNS(=O)(=O)c1cnc(C)[nH]1. The van der Waals surface area contributed by atoms with E-state index in [2.05, 4.69) is 26.9 Å². The molecular weight excluding hydrogens is 264 g/mol. The van der Waals surface area contributed by atoms with Crippen molar-refractivity contribution in [1.29, 1.82) is 0 Å². The van der Waals surface area contributed by atoms with Crippen LogP contribution in [0.5, 0.6) is 0 Å². The quantitative estimate of drug-likeness (QED) is 0.746. The Morgan fingerprint density at radius 3 is 2.95 bits per heavy atom. The van der Waals surface area contributed by atoms with E-state index in [1.54, 1.807) is 6.92 Å². The summed E-state index contributed by atoms with van der Waals surface area (Å²) in [5, 5.41) is 3.53. The summed E-state index contributed by atoms with van der Waals surface area (Å²) < 4.78 is 26.8. The molecule has 3 N–H and O–H groups in total. The van der Waals surface area contributed by atoms with Gasteiger partial charge in [0.2, 0.25) is 0 Å². The van der Waals surface area contributed by atoms with Gasteiger partial charge in [0.25, 0.3) is 10.0 Å². The third kappa shape index (κ3) is 3.55. The number of piperidine rings is 1. The van der Waals surface area contributed by atoms with Gasteiger partial charge in [0.05, 0.1) is 6.20 Å². The van der Waals surface area contributed by atoms with Gasteiger partial charge in [-0.2, -0.15) is 0 Å². The van der Waals surface area contributed by atoms with Crippen LogP contribution in [0.4, 0.5) is 0 Å². The molecule has 0 spiro atoms. The van der Waals surface area contributed by atoms with Crippen LogP contribution in [-0.4, -0.2) is 37.5 Å². The summed E-state index contributed by atoms with van der Waals surface area (Å²) in [6.45, 7) is 5.28. The fraction of sp³-hybridized carbons (Fsp3) is 0.750. The van der Waals surface area contributed by atoms with Crippen LogP contribution in [0.25, 0.3) is 0 Å². The van der Waals surface area contributed by atoms with Crippen LogP contribution in [0.3, 0.4) is 0 Å². The third-order valence-electron chi connectivity index (χ3n) is 3.71. The molecule has 0 bridgehead atoms. The Bertz CT molecular complexity index is 512. The summed E-state index contributed by atoms with van der Waals surface area (Å²) >= 11 is 0. The number of sulfonamides is 1. The van der Waals surface area contributed by atoms with Gasteiger partial charge in [0.1, 0.15) is 5.82 Å². The highest BCUT2D eigenvalue weighted by Crippen LogP contribution is 2.19. The van der Waals surface area contributed by atoms with E-state index < -0.39 is 10.0 Å². The second kappa shape index (κ2) is 6.02. The molecule has 1 saturated heterocycles. The van der Waals surface area contributed by atoms with Gasteiger partial charge in [-0.25, -0.2) is 18.1 Å². The molecule has 0 saturated carbocycles. The number of imidazole rings is 1. The largest absolute Gasteiger partial charge is 0.332 e. The molecule has 1 aromatic rings. The molecule has 7 heteroatoms. The number of nitrogens with one attached hydrogen (secondary N) is 3. The highest BCUT2D eigenvalue weighted by molar-refractivity contribution is 7.89. The van der Waals surface area contributed by atoms with Crippen LogP contribution < -0.4 is 10.0 Å². The van der Waals surface area contributed by atoms with Crippen LogP contribution in [0.15, 0.2) is 11.2 Å². The minimum atomic E-state index is -3.48. The van der Waals surface area contributed by atoms with Crippen LogP contribution >= 0.6 is 0 Å². The number of H-pyrrole nitrogens is 1. The van der Waals surface area contributed by atoms with E-state index in [1.807, 2.05) is 0 Å². The topological polar surface area (TPSA) is 86.9 Å². The maximum Gasteiger partial charge on any atom is 0.257 e. The smallest absolute Gasteiger partial charge is 0.257 e. The monoisotopic (exact) mass is 286 g/mol. The minimum Gasteiger partial charge on any atom is -0.332 e. The van der Waals surface area contributed by atoms with Crippen LogP contribution in [0.2, 0.25) is 0 Å². The highest BCUT2D eigenvalue weighted by Gasteiger charge is 2.25. The Balaban J connectivity index is 1.97. The zero-order chi connectivity index (χ0) is 13.9. The average Bonchev–Trinajstić information content (AvgIpc) is 2.84. The molecule has 1 aliphatic rings. The van der Waals surface area contributed by atoms with Crippen molar-refractivity contribution in [3.8, 4) is 0 Å². The lowest BCUT2D eigenvalue weighted by Crippen LogP contribution is -2.48. The molecule has 108 valence electrons. The van der Waals surface area contributed by atoms with Crippen molar-refractivity contribution in [1.82, 2.24) is 20.0 Å². The molecular formula is C12H22N4O2S. The first kappa shape index (κ1) is 14.5. The fourth-order valence-corrected chi connectivity index (χ4v) is 3.59. The molecule has 19 heavy (non-hydrogen) atoms. The molecule has 1 aliphatic heterocycles. The molecule has 6 nitrogen and oxygen atoms in total. The Hall–Kier alpha value is -0.920. The summed E-state index contributed by atoms with van der Waals surface area (Å²) in [4.78, 5) is 6.67. The molecule has 2 rings (SSSR count). The van der Waals surface area contributed by atoms with Crippen molar-refractivity contribution >= 4 is 10.0 Å². The lowest BCUT2D eigenvalue weighted by atomic mass is 9.89. The van der Waals surface area contributed by atoms with Gasteiger partial charge < -0.3 is 10.3 Å². The van der Waals surface area contributed by atoms with Gasteiger partial charge in [0, 0.05) is 12.6 Å². The van der Waals surface area contributed by atoms with Crippen molar-refractivity contribution in [3.63, 3.8) is 0 Å². The number of aromatic amines is 1. The van der Waals surface area contributed by atoms with E-state index in [1.165, 1.54) is 19.0 Å². The van der Waals surface area contributed by atoms with Crippen molar-refractivity contribution in [2.24, 2.45) is 5.92 Å². The molecule has 2 unspecified atom stereocenters. The first-order valence-electron chi connectivity index (χ1n) is 6.77. The third-order valence-corrected chi connectivity index (χ3v) is 5.05. The van der Waals surface area contributed by atoms with E-state index in [0.717, 1.165) is 13.0 Å². The Morgan fingerprint density at radius 1 is 1.53 bits per heavy atom. The maximum absolute atomic E-state index is 12.1. The predicted molar refractivity (Wildman–Crippen MR) is 73.3 cm³/mol. The van der Waals surface area contributed by atoms with Gasteiger partial charge in [-0.3, -0.25) is 0 Å². The van der Waals surface area contributed by atoms with Gasteiger partial charge in [-0.05, 0) is 32.2 Å². The molecule has 2 atom stereocenters. The minimum absolute atomic E-state index is 0.133. The molecule has 1 aromatic heterocycles. The van der Waals surface area contributed by atoms with Gasteiger partial charge in [0.15, 0.2) is 5.03 Å². The predicted octanol–water partition coefficient (Wildman–Crippen LogP) is 0.775. The van der Waals surface area contributed by atoms with Crippen LogP contribution in [0, 0.1) is 12.8 Å². The summed E-state index contributed by atoms with van der Waals surface area (Å²) in [6.07, 6.45) is 4.76. The Morgan fingerprint density at radius 2 is 2.32 bits per heavy atom. The number of aromatic nitrogens is 2. The van der Waals surface area contributed by atoms with Gasteiger partial charge in [-0.15, -0.1) is 0 Å². The van der Waals surface area contributed by atoms with Crippen LogP contribution in [-0.2, 0) is 10.0 Å². The zero-order valence-corrected chi connectivity index (χ0v) is 12.3. The van der Waals surface area contributed by atoms with Gasteiger partial charge >= 0.3 is 0 Å². The molecule has 0 aromatic carbocycles. The van der Waals surface area contributed by atoms with E-state index >= 15 is 0 Å². The summed E-state index contributed by atoms with van der Waals surface area (Å²) in [5.41, 5.74) is 0. The van der Waals surface area contributed by atoms with Crippen molar-refractivity contribution in [3.05, 3.63) is 12.0 Å². The normalized spacial score (nSPS) is 24.5. The lowest BCUT2D eigenvalue weighted by molar-refractivity contribution is 0.273.